The van der Waals surface area contributed by atoms with Crippen LogP contribution in [0.2, 0.25) is 0 Å². The van der Waals surface area contributed by atoms with E-state index in [4.69, 9.17) is 4.74 Å². The lowest BCUT2D eigenvalue weighted by atomic mass is 10.2. The first-order chi connectivity index (χ1) is 11.2. The van der Waals surface area contributed by atoms with Gasteiger partial charge in [0.25, 0.3) is 5.69 Å². The number of non-ortho nitro benzene ring substituents is 1. The molecule has 0 aliphatic rings. The molecule has 1 N–H and O–H groups in total. The maximum atomic E-state index is 12.4. The predicted octanol–water partition coefficient (Wildman–Crippen LogP) is 1.95. The quantitative estimate of drug-likeness (QED) is 0.398. The topological polar surface area (TPSA) is 116 Å². The van der Waals surface area contributed by atoms with Crippen LogP contribution in [0.3, 0.4) is 0 Å². The molecule has 0 bridgehead atoms. The minimum absolute atomic E-state index is 0.153. The Kier molecular flexibility index (Phi) is 7.64. The van der Waals surface area contributed by atoms with Crippen LogP contribution < -0.4 is 4.72 Å². The Balaban J connectivity index is 2.96. The van der Waals surface area contributed by atoms with Gasteiger partial charge >= 0.3 is 5.97 Å². The molecular formula is C14H20N2O6S2. The van der Waals surface area contributed by atoms with E-state index in [-0.39, 0.29) is 23.1 Å². The summed E-state index contributed by atoms with van der Waals surface area (Å²) >= 11 is 1.48. The molecule has 0 aliphatic carbocycles. The summed E-state index contributed by atoms with van der Waals surface area (Å²) in [5, 5.41) is 10.6. The molecule has 0 heterocycles. The molecule has 1 atom stereocenters. The summed E-state index contributed by atoms with van der Waals surface area (Å²) in [6, 6.07) is 3.43. The molecule has 8 nitrogen and oxygen atoms in total. The maximum Gasteiger partial charge on any atom is 0.324 e. The fraction of sp³-hybridized carbons (Fsp3) is 0.500. The molecule has 0 unspecified atom stereocenters. The second-order valence-corrected chi connectivity index (χ2v) is 7.89. The van der Waals surface area contributed by atoms with Gasteiger partial charge in [0.05, 0.1) is 15.9 Å². The normalized spacial score (nSPS) is 12.8. The minimum Gasteiger partial charge on any atom is -0.462 e. The zero-order valence-electron chi connectivity index (χ0n) is 13.6. The number of nitrogens with zero attached hydrogens (tertiary/aromatic N) is 1. The van der Waals surface area contributed by atoms with Crippen LogP contribution in [-0.2, 0) is 19.6 Å². The first-order valence-corrected chi connectivity index (χ1v) is 10.0. The lowest BCUT2D eigenvalue weighted by Crippen LogP contribution is -2.42. The Hall–Kier alpha value is -1.65. The Morgan fingerprint density at radius 2 is 1.92 bits per heavy atom. The van der Waals surface area contributed by atoms with E-state index in [1.54, 1.807) is 13.8 Å². The van der Waals surface area contributed by atoms with E-state index >= 15 is 0 Å². The number of thioether (sulfide) groups is 1. The summed E-state index contributed by atoms with van der Waals surface area (Å²) in [6.45, 7) is 3.35. The average molecular weight is 376 g/mol. The molecule has 10 heteroatoms. The van der Waals surface area contributed by atoms with E-state index in [1.165, 1.54) is 11.8 Å². The third-order valence-corrected chi connectivity index (χ3v) is 5.03. The van der Waals surface area contributed by atoms with Crippen LogP contribution in [0.1, 0.15) is 20.3 Å². The predicted molar refractivity (Wildman–Crippen MR) is 91.4 cm³/mol. The molecule has 0 amide bonds. The van der Waals surface area contributed by atoms with Crippen molar-refractivity contribution in [2.24, 2.45) is 0 Å². The molecule has 1 aromatic carbocycles. The summed E-state index contributed by atoms with van der Waals surface area (Å²) in [4.78, 5) is 21.9. The molecule has 0 aromatic heterocycles. The van der Waals surface area contributed by atoms with Crippen molar-refractivity contribution in [3.8, 4) is 0 Å². The monoisotopic (exact) mass is 376 g/mol. The highest BCUT2D eigenvalue weighted by molar-refractivity contribution is 7.98. The first kappa shape index (κ1) is 20.4. The number of carbonyl (C=O) groups excluding carboxylic acids is 1. The van der Waals surface area contributed by atoms with Crippen molar-refractivity contribution < 1.29 is 22.9 Å². The largest absolute Gasteiger partial charge is 0.462 e. The van der Waals surface area contributed by atoms with Gasteiger partial charge in [-0.25, -0.2) is 8.42 Å². The molecular weight excluding hydrogens is 356 g/mol. The van der Waals surface area contributed by atoms with Crippen molar-refractivity contribution in [1.29, 1.82) is 0 Å². The zero-order valence-corrected chi connectivity index (χ0v) is 15.2. The summed E-state index contributed by atoms with van der Waals surface area (Å²) in [6.07, 6.45) is 1.76. The van der Waals surface area contributed by atoms with Gasteiger partial charge in [0.1, 0.15) is 6.04 Å². The summed E-state index contributed by atoms with van der Waals surface area (Å²) in [7, 11) is -4.00. The molecule has 24 heavy (non-hydrogen) atoms. The van der Waals surface area contributed by atoms with Crippen molar-refractivity contribution >= 4 is 33.4 Å². The van der Waals surface area contributed by atoms with Crippen molar-refractivity contribution in [1.82, 2.24) is 4.72 Å². The Bertz CT molecular complexity index is 673. The van der Waals surface area contributed by atoms with Crippen LogP contribution in [0.4, 0.5) is 5.69 Å². The van der Waals surface area contributed by atoms with Crippen molar-refractivity contribution in [3.05, 3.63) is 34.4 Å². The fourth-order valence-electron chi connectivity index (χ4n) is 1.78. The highest BCUT2D eigenvalue weighted by atomic mass is 32.2. The van der Waals surface area contributed by atoms with Crippen LogP contribution in [0, 0.1) is 10.1 Å². The average Bonchev–Trinajstić information content (AvgIpc) is 2.50. The van der Waals surface area contributed by atoms with E-state index in [0.29, 0.717) is 5.75 Å². The van der Waals surface area contributed by atoms with Crippen LogP contribution in [0.15, 0.2) is 29.2 Å². The number of sulfonamides is 1. The van der Waals surface area contributed by atoms with Gasteiger partial charge in [0.15, 0.2) is 0 Å². The fourth-order valence-corrected chi connectivity index (χ4v) is 3.47. The molecule has 1 aromatic rings. The Morgan fingerprint density at radius 1 is 1.33 bits per heavy atom. The van der Waals surface area contributed by atoms with E-state index in [0.717, 1.165) is 24.3 Å². The Labute approximate surface area is 145 Å². The van der Waals surface area contributed by atoms with Gasteiger partial charge in [-0.05, 0) is 44.4 Å². The number of esters is 1. The molecule has 0 saturated heterocycles. The van der Waals surface area contributed by atoms with Crippen LogP contribution >= 0.6 is 11.8 Å². The highest BCUT2D eigenvalue weighted by Crippen LogP contribution is 2.17. The number of ether oxygens (including phenoxy) is 1. The van der Waals surface area contributed by atoms with Crippen molar-refractivity contribution in [3.63, 3.8) is 0 Å². The number of benzene rings is 1. The van der Waals surface area contributed by atoms with Crippen LogP contribution in [-0.4, -0.2) is 43.5 Å². The van der Waals surface area contributed by atoms with Crippen molar-refractivity contribution in [2.45, 2.75) is 37.3 Å². The van der Waals surface area contributed by atoms with Gasteiger partial charge in [0, 0.05) is 12.1 Å². The number of hydrogen-bond donors (Lipinski definition) is 1. The third kappa shape index (κ3) is 6.10. The molecule has 0 radical (unpaired) electrons. The molecule has 134 valence electrons. The van der Waals surface area contributed by atoms with Gasteiger partial charge in [-0.1, -0.05) is 0 Å². The number of nitro groups is 1. The lowest BCUT2D eigenvalue weighted by molar-refractivity contribution is -0.384. The third-order valence-electron chi connectivity index (χ3n) is 2.90. The summed E-state index contributed by atoms with van der Waals surface area (Å²) < 4.78 is 32.2. The molecule has 1 rings (SSSR count). The Morgan fingerprint density at radius 3 is 2.38 bits per heavy atom. The van der Waals surface area contributed by atoms with Crippen LogP contribution in [0.5, 0.6) is 0 Å². The van der Waals surface area contributed by atoms with E-state index in [1.807, 2.05) is 6.26 Å². The summed E-state index contributed by atoms with van der Waals surface area (Å²) in [5.41, 5.74) is -0.216. The van der Waals surface area contributed by atoms with Gasteiger partial charge in [-0.15, -0.1) is 0 Å². The second-order valence-electron chi connectivity index (χ2n) is 5.19. The first-order valence-electron chi connectivity index (χ1n) is 7.13. The minimum atomic E-state index is -4.00. The van der Waals surface area contributed by atoms with Crippen LogP contribution in [0.25, 0.3) is 0 Å². The number of hydrogen-bond acceptors (Lipinski definition) is 7. The number of carbonyl (C=O) groups is 1. The SMILES string of the molecule is CSCC[C@H](NS(=O)(=O)c1ccc([N+](=O)[O-])cc1)C(=O)OC(C)C. The van der Waals surface area contributed by atoms with Gasteiger partial charge in [0.2, 0.25) is 10.0 Å². The number of rotatable bonds is 9. The molecule has 0 saturated carbocycles. The number of nitrogens with one attached hydrogen (secondary N) is 1. The molecule has 0 fully saturated rings. The molecule has 0 aliphatic heterocycles. The standard InChI is InChI=1S/C14H20N2O6S2/c1-10(2)22-14(17)13(8-9-23-3)15-24(20,21)12-6-4-11(5-7-12)16(18)19/h4-7,10,13,15H,8-9H2,1-3H3/t13-/m0/s1. The van der Waals surface area contributed by atoms with E-state index < -0.39 is 27.0 Å². The van der Waals surface area contributed by atoms with E-state index in [9.17, 15) is 23.3 Å². The smallest absolute Gasteiger partial charge is 0.324 e. The van der Waals surface area contributed by atoms with Gasteiger partial charge in [-0.3, -0.25) is 14.9 Å². The van der Waals surface area contributed by atoms with Gasteiger partial charge in [-0.2, -0.15) is 16.5 Å². The summed E-state index contributed by atoms with van der Waals surface area (Å²) in [5.74, 6) is -0.0785. The lowest BCUT2D eigenvalue weighted by Gasteiger charge is -2.19. The number of nitro benzene ring substituents is 1. The second kappa shape index (κ2) is 9.00. The van der Waals surface area contributed by atoms with E-state index in [2.05, 4.69) is 4.72 Å². The van der Waals surface area contributed by atoms with Gasteiger partial charge < -0.3 is 4.74 Å². The van der Waals surface area contributed by atoms with Crippen molar-refractivity contribution in [2.75, 3.05) is 12.0 Å². The highest BCUT2D eigenvalue weighted by Gasteiger charge is 2.27. The maximum absolute atomic E-state index is 12.4. The molecule has 0 spiro atoms. The zero-order chi connectivity index (χ0) is 18.3.